The van der Waals surface area contributed by atoms with Gasteiger partial charge in [-0.05, 0) is 46.3 Å². The van der Waals surface area contributed by atoms with Crippen LogP contribution in [0.15, 0.2) is 51.8 Å². The van der Waals surface area contributed by atoms with Crippen LogP contribution in [0, 0.1) is 0 Å². The van der Waals surface area contributed by atoms with Gasteiger partial charge in [0.2, 0.25) is 0 Å². The van der Waals surface area contributed by atoms with Crippen molar-refractivity contribution in [3.63, 3.8) is 0 Å². The van der Waals surface area contributed by atoms with E-state index in [2.05, 4.69) is 21.2 Å². The molecule has 22 heavy (non-hydrogen) atoms. The van der Waals surface area contributed by atoms with E-state index in [4.69, 9.17) is 4.74 Å². The predicted octanol–water partition coefficient (Wildman–Crippen LogP) is 3.11. The lowest BCUT2D eigenvalue weighted by molar-refractivity contribution is 0.102. The molecular formula is C15H14BrNO4S. The number of hydrogen-bond acceptors (Lipinski definition) is 4. The van der Waals surface area contributed by atoms with Gasteiger partial charge in [0, 0.05) is 16.3 Å². The van der Waals surface area contributed by atoms with Crippen LogP contribution in [-0.4, -0.2) is 27.7 Å². The molecule has 5 nitrogen and oxygen atoms in total. The number of carbonyl (C=O) groups excluding carboxylic acids is 1. The summed E-state index contributed by atoms with van der Waals surface area (Å²) >= 11 is 3.34. The normalized spacial score (nSPS) is 11.0. The smallest absolute Gasteiger partial charge is 0.255 e. The zero-order valence-electron chi connectivity index (χ0n) is 12.0. The van der Waals surface area contributed by atoms with Crippen LogP contribution in [0.4, 0.5) is 5.69 Å². The molecule has 0 aliphatic carbocycles. The fraction of sp³-hybridized carbons (Fsp3) is 0.133. The number of halogens is 1. The van der Waals surface area contributed by atoms with Gasteiger partial charge in [-0.1, -0.05) is 12.1 Å². The van der Waals surface area contributed by atoms with Gasteiger partial charge >= 0.3 is 0 Å². The summed E-state index contributed by atoms with van der Waals surface area (Å²) < 4.78 is 29.3. The molecular weight excluding hydrogens is 370 g/mol. The number of sulfone groups is 1. The van der Waals surface area contributed by atoms with Crippen LogP contribution in [-0.2, 0) is 9.84 Å². The number of carbonyl (C=O) groups is 1. The van der Waals surface area contributed by atoms with Crippen LogP contribution in [0.1, 0.15) is 10.4 Å². The third-order valence-corrected chi connectivity index (χ3v) is 4.76. The molecule has 2 aromatic rings. The number of anilines is 1. The Hall–Kier alpha value is -1.86. The summed E-state index contributed by atoms with van der Waals surface area (Å²) in [7, 11) is -2.12. The number of methoxy groups -OCH3 is 1. The van der Waals surface area contributed by atoms with Gasteiger partial charge in [0.1, 0.15) is 10.6 Å². The van der Waals surface area contributed by atoms with E-state index in [0.717, 1.165) is 10.7 Å². The van der Waals surface area contributed by atoms with Crippen LogP contribution < -0.4 is 10.1 Å². The SMILES string of the molecule is COc1ccc(C(=O)Nc2ccccc2Br)cc1S(C)(=O)=O. The zero-order valence-corrected chi connectivity index (χ0v) is 14.4. The van der Waals surface area contributed by atoms with Crippen molar-refractivity contribution in [3.05, 3.63) is 52.5 Å². The first kappa shape index (κ1) is 16.5. The summed E-state index contributed by atoms with van der Waals surface area (Å²) in [5.41, 5.74) is 0.834. The third-order valence-electron chi connectivity index (χ3n) is 2.95. The maximum absolute atomic E-state index is 12.3. The fourth-order valence-corrected chi connectivity index (χ4v) is 3.11. The van der Waals surface area contributed by atoms with Crippen LogP contribution in [0.2, 0.25) is 0 Å². The Kier molecular flexibility index (Phi) is 4.87. The molecule has 7 heteroatoms. The standard InChI is InChI=1S/C15H14BrNO4S/c1-21-13-8-7-10(9-14(13)22(2,19)20)15(18)17-12-6-4-3-5-11(12)16/h3-9H,1-2H3,(H,17,18). The summed E-state index contributed by atoms with van der Waals surface area (Å²) in [4.78, 5) is 12.3. The number of para-hydroxylation sites is 1. The van der Waals surface area contributed by atoms with Gasteiger partial charge < -0.3 is 10.1 Å². The molecule has 0 saturated carbocycles. The van der Waals surface area contributed by atoms with Crippen molar-refractivity contribution in [1.29, 1.82) is 0 Å². The van der Waals surface area contributed by atoms with Crippen molar-refractivity contribution in [3.8, 4) is 5.75 Å². The minimum Gasteiger partial charge on any atom is -0.495 e. The first-order valence-electron chi connectivity index (χ1n) is 6.27. The highest BCUT2D eigenvalue weighted by Gasteiger charge is 2.17. The van der Waals surface area contributed by atoms with Gasteiger partial charge in [-0.15, -0.1) is 0 Å². The molecule has 1 N–H and O–H groups in total. The van der Waals surface area contributed by atoms with E-state index in [9.17, 15) is 13.2 Å². The molecule has 0 atom stereocenters. The van der Waals surface area contributed by atoms with Crippen molar-refractivity contribution in [1.82, 2.24) is 0 Å². The molecule has 0 saturated heterocycles. The highest BCUT2D eigenvalue weighted by Crippen LogP contribution is 2.26. The number of amides is 1. The highest BCUT2D eigenvalue weighted by molar-refractivity contribution is 9.10. The summed E-state index contributed by atoms with van der Waals surface area (Å²) in [5, 5.41) is 2.72. The first-order valence-corrected chi connectivity index (χ1v) is 8.95. The molecule has 2 rings (SSSR count). The number of rotatable bonds is 4. The topological polar surface area (TPSA) is 72.5 Å². The molecule has 0 radical (unpaired) electrons. The summed E-state index contributed by atoms with van der Waals surface area (Å²) in [6, 6.07) is 11.4. The minimum atomic E-state index is -3.50. The predicted molar refractivity (Wildman–Crippen MR) is 88.2 cm³/mol. The van der Waals surface area contributed by atoms with Crippen molar-refractivity contribution in [2.75, 3.05) is 18.7 Å². The van der Waals surface area contributed by atoms with E-state index in [1.807, 2.05) is 6.07 Å². The second-order valence-electron chi connectivity index (χ2n) is 4.57. The average Bonchev–Trinajstić information content (AvgIpc) is 2.48. The molecule has 0 aromatic heterocycles. The van der Waals surface area contributed by atoms with Crippen molar-refractivity contribution in [2.24, 2.45) is 0 Å². The lowest BCUT2D eigenvalue weighted by atomic mass is 10.2. The van der Waals surface area contributed by atoms with E-state index >= 15 is 0 Å². The Morgan fingerprint density at radius 3 is 2.45 bits per heavy atom. The first-order chi connectivity index (χ1) is 10.3. The third kappa shape index (κ3) is 3.66. The fourth-order valence-electron chi connectivity index (χ4n) is 1.86. The lowest BCUT2D eigenvalue weighted by Crippen LogP contribution is -2.13. The minimum absolute atomic E-state index is 0.0187. The zero-order chi connectivity index (χ0) is 16.3. The van der Waals surface area contributed by atoms with Gasteiger partial charge in [-0.3, -0.25) is 4.79 Å². The summed E-state index contributed by atoms with van der Waals surface area (Å²) in [6.45, 7) is 0. The molecule has 0 bridgehead atoms. The Balaban J connectivity index is 2.37. The number of benzene rings is 2. The van der Waals surface area contributed by atoms with Crippen LogP contribution in [0.5, 0.6) is 5.75 Å². The monoisotopic (exact) mass is 383 g/mol. The largest absolute Gasteiger partial charge is 0.495 e. The number of nitrogens with one attached hydrogen (secondary N) is 1. The van der Waals surface area contributed by atoms with Gasteiger partial charge in [-0.25, -0.2) is 8.42 Å². The van der Waals surface area contributed by atoms with Gasteiger partial charge in [0.05, 0.1) is 12.8 Å². The Morgan fingerprint density at radius 2 is 1.86 bits per heavy atom. The van der Waals surface area contributed by atoms with E-state index in [1.54, 1.807) is 18.2 Å². The molecule has 2 aromatic carbocycles. The van der Waals surface area contributed by atoms with Crippen LogP contribution >= 0.6 is 15.9 Å². The summed E-state index contributed by atoms with van der Waals surface area (Å²) in [6.07, 6.45) is 1.07. The lowest BCUT2D eigenvalue weighted by Gasteiger charge is -2.10. The Labute approximate surface area is 137 Å². The maximum atomic E-state index is 12.3. The van der Waals surface area contributed by atoms with E-state index < -0.39 is 15.7 Å². The molecule has 1 amide bonds. The molecule has 0 heterocycles. The molecule has 0 aliphatic rings. The van der Waals surface area contributed by atoms with Crippen molar-refractivity contribution >= 4 is 37.4 Å². The average molecular weight is 384 g/mol. The maximum Gasteiger partial charge on any atom is 0.255 e. The quantitative estimate of drug-likeness (QED) is 0.879. The van der Waals surface area contributed by atoms with E-state index in [1.165, 1.54) is 25.3 Å². The molecule has 0 spiro atoms. The van der Waals surface area contributed by atoms with Crippen LogP contribution in [0.3, 0.4) is 0 Å². The van der Waals surface area contributed by atoms with Crippen molar-refractivity contribution < 1.29 is 17.9 Å². The van der Waals surface area contributed by atoms with E-state index in [0.29, 0.717) is 5.69 Å². The molecule has 0 aliphatic heterocycles. The van der Waals surface area contributed by atoms with Gasteiger partial charge in [0.25, 0.3) is 5.91 Å². The van der Waals surface area contributed by atoms with Gasteiger partial charge in [-0.2, -0.15) is 0 Å². The second kappa shape index (κ2) is 6.50. The molecule has 116 valence electrons. The highest BCUT2D eigenvalue weighted by atomic mass is 79.9. The number of ether oxygens (including phenoxy) is 1. The van der Waals surface area contributed by atoms with E-state index in [-0.39, 0.29) is 16.2 Å². The summed E-state index contributed by atoms with van der Waals surface area (Å²) in [5.74, 6) is -0.195. The molecule has 0 fully saturated rings. The van der Waals surface area contributed by atoms with Crippen molar-refractivity contribution in [2.45, 2.75) is 4.90 Å². The Morgan fingerprint density at radius 1 is 1.18 bits per heavy atom. The van der Waals surface area contributed by atoms with Gasteiger partial charge in [0.15, 0.2) is 9.84 Å². The van der Waals surface area contributed by atoms with Crippen LogP contribution in [0.25, 0.3) is 0 Å². The number of hydrogen-bond donors (Lipinski definition) is 1. The molecule has 0 unspecified atom stereocenters. The Bertz CT molecular complexity index is 818. The second-order valence-corrected chi connectivity index (χ2v) is 7.41.